The zero-order valence-electron chi connectivity index (χ0n) is 15.5. The van der Waals surface area contributed by atoms with Crippen molar-refractivity contribution >= 4 is 35.1 Å². The van der Waals surface area contributed by atoms with E-state index < -0.39 is 6.09 Å². The van der Waals surface area contributed by atoms with E-state index in [0.717, 1.165) is 12.0 Å². The highest BCUT2D eigenvalue weighted by Gasteiger charge is 2.58. The van der Waals surface area contributed by atoms with Gasteiger partial charge in [-0.15, -0.1) is 0 Å². The van der Waals surface area contributed by atoms with Crippen molar-refractivity contribution in [3.8, 4) is 0 Å². The zero-order chi connectivity index (χ0) is 19.4. The van der Waals surface area contributed by atoms with Crippen LogP contribution < -0.4 is 0 Å². The highest BCUT2D eigenvalue weighted by molar-refractivity contribution is 7.98. The number of Topliss-reactive ketones (excluding diaryl/α,β-unsaturated/α-hetero) is 1. The molecule has 1 aliphatic heterocycles. The molecular weight excluding hydrogens is 374 g/mol. The van der Waals surface area contributed by atoms with Gasteiger partial charge in [0.15, 0.2) is 5.78 Å². The molecule has 5 atom stereocenters. The number of carbonyl (C=O) groups excluding carboxylic acids is 3. The summed E-state index contributed by atoms with van der Waals surface area (Å²) < 4.78 is 5.18. The Morgan fingerprint density at radius 1 is 1.14 bits per heavy atom. The number of rotatable bonds is 4. The Kier molecular flexibility index (Phi) is 4.19. The lowest BCUT2D eigenvalue weighted by atomic mass is 9.81. The molecule has 1 saturated carbocycles. The second-order valence-corrected chi connectivity index (χ2v) is 8.79. The first kappa shape index (κ1) is 17.7. The number of carbonyl (C=O) groups is 3. The number of hydrogen-bond donors (Lipinski definition) is 0. The number of ether oxygens (including phenoxy) is 1. The van der Waals surface area contributed by atoms with Gasteiger partial charge in [-0.3, -0.25) is 9.59 Å². The van der Waals surface area contributed by atoms with E-state index in [1.807, 2.05) is 36.6 Å². The van der Waals surface area contributed by atoms with E-state index in [1.54, 1.807) is 11.8 Å². The Morgan fingerprint density at radius 3 is 2.57 bits per heavy atom. The van der Waals surface area contributed by atoms with Gasteiger partial charge in [-0.2, -0.15) is 11.8 Å². The second kappa shape index (κ2) is 6.62. The van der Waals surface area contributed by atoms with Crippen LogP contribution in [-0.2, 0) is 14.3 Å². The summed E-state index contributed by atoms with van der Waals surface area (Å²) in [6.45, 7) is 0.216. The van der Waals surface area contributed by atoms with E-state index in [4.69, 9.17) is 4.74 Å². The molecule has 0 radical (unpaired) electrons. The Morgan fingerprint density at radius 2 is 1.86 bits per heavy atom. The number of thioether (sulfide) groups is 1. The van der Waals surface area contributed by atoms with Crippen molar-refractivity contribution in [2.24, 2.45) is 23.7 Å². The molecule has 5 rings (SSSR count). The van der Waals surface area contributed by atoms with Crippen molar-refractivity contribution in [3.05, 3.63) is 53.6 Å². The van der Waals surface area contributed by atoms with Crippen LogP contribution in [0.4, 0.5) is 4.79 Å². The van der Waals surface area contributed by atoms with Gasteiger partial charge in [-0.1, -0.05) is 42.5 Å². The van der Waals surface area contributed by atoms with Crippen LogP contribution in [0.3, 0.4) is 0 Å². The minimum atomic E-state index is -0.599. The lowest BCUT2D eigenvalue weighted by molar-refractivity contribution is -0.125. The Balaban J connectivity index is 1.63. The summed E-state index contributed by atoms with van der Waals surface area (Å²) in [6, 6.07) is 9.10. The first-order valence-electron chi connectivity index (χ1n) is 9.63. The summed E-state index contributed by atoms with van der Waals surface area (Å²) in [6.07, 6.45) is 6.52. The first-order chi connectivity index (χ1) is 13.6. The van der Waals surface area contributed by atoms with E-state index in [-0.39, 0.29) is 48.0 Å². The number of benzene rings is 1. The molecule has 5 nitrogen and oxygen atoms in total. The summed E-state index contributed by atoms with van der Waals surface area (Å²) in [5.41, 5.74) is 1.78. The predicted molar refractivity (Wildman–Crippen MR) is 106 cm³/mol. The molecule has 144 valence electrons. The molecule has 0 N–H and O–H groups in total. The normalized spacial score (nSPS) is 33.0. The topological polar surface area (TPSA) is 63.7 Å². The molecular formula is C22H21NO4S. The molecule has 28 heavy (non-hydrogen) atoms. The van der Waals surface area contributed by atoms with Crippen LogP contribution in [-0.4, -0.2) is 47.3 Å². The standard InChI is InChI=1S/C22H21NO4S/c1-28-11-15-10-27-22(26)23(15)21(25)19-16-13-7-8-14(9-13)18(16)20(24)17(19)12-5-3-2-4-6-12/h2-8,13-16,18H,9-11H2,1H3/t13-,14+,15+,16+,18-/m0/s1. The highest BCUT2D eigenvalue weighted by Crippen LogP contribution is 2.58. The summed E-state index contributed by atoms with van der Waals surface area (Å²) in [5.74, 6) is 0.401. The maximum Gasteiger partial charge on any atom is 0.417 e. The fourth-order valence-electron chi connectivity index (χ4n) is 5.35. The zero-order valence-corrected chi connectivity index (χ0v) is 16.4. The summed E-state index contributed by atoms with van der Waals surface area (Å²) >= 11 is 1.57. The molecule has 0 unspecified atom stereocenters. The average Bonchev–Trinajstić information content (AvgIpc) is 3.45. The monoisotopic (exact) mass is 395 g/mol. The molecule has 6 heteroatoms. The van der Waals surface area contributed by atoms with E-state index in [1.165, 1.54) is 4.90 Å². The quantitative estimate of drug-likeness (QED) is 0.733. The molecule has 1 heterocycles. The fourth-order valence-corrected chi connectivity index (χ4v) is 5.98. The fraction of sp³-hybridized carbons (Fsp3) is 0.409. The molecule has 1 aromatic carbocycles. The Bertz CT molecular complexity index is 922. The van der Waals surface area contributed by atoms with Crippen molar-refractivity contribution in [1.82, 2.24) is 4.90 Å². The number of imide groups is 1. The molecule has 1 saturated heterocycles. The van der Waals surface area contributed by atoms with Crippen LogP contribution in [0.2, 0.25) is 0 Å². The average molecular weight is 395 g/mol. The van der Waals surface area contributed by atoms with Gasteiger partial charge in [0.25, 0.3) is 5.91 Å². The molecule has 1 aromatic rings. The van der Waals surface area contributed by atoms with Crippen LogP contribution >= 0.6 is 11.8 Å². The number of hydrogen-bond acceptors (Lipinski definition) is 5. The van der Waals surface area contributed by atoms with Crippen LogP contribution in [0.15, 0.2) is 48.1 Å². The van der Waals surface area contributed by atoms with Gasteiger partial charge in [0.05, 0.1) is 6.04 Å². The molecule has 0 spiro atoms. The van der Waals surface area contributed by atoms with Crippen LogP contribution in [0.5, 0.6) is 0 Å². The minimum absolute atomic E-state index is 0.0466. The number of nitrogens with zero attached hydrogens (tertiary/aromatic N) is 1. The number of amides is 2. The molecule has 2 amide bonds. The molecule has 3 aliphatic carbocycles. The number of allylic oxidation sites excluding steroid dienone is 3. The van der Waals surface area contributed by atoms with Gasteiger partial charge in [-0.05, 0) is 30.1 Å². The lowest BCUT2D eigenvalue weighted by Crippen LogP contribution is -2.42. The third-order valence-electron chi connectivity index (χ3n) is 6.44. The second-order valence-electron chi connectivity index (χ2n) is 7.88. The molecule has 2 fully saturated rings. The highest BCUT2D eigenvalue weighted by atomic mass is 32.2. The summed E-state index contributed by atoms with van der Waals surface area (Å²) in [5, 5.41) is 0. The van der Waals surface area contributed by atoms with Crippen molar-refractivity contribution in [2.75, 3.05) is 18.6 Å². The summed E-state index contributed by atoms with van der Waals surface area (Å²) in [7, 11) is 0. The largest absolute Gasteiger partial charge is 0.447 e. The minimum Gasteiger partial charge on any atom is -0.447 e. The van der Waals surface area contributed by atoms with Crippen molar-refractivity contribution in [1.29, 1.82) is 0 Å². The van der Waals surface area contributed by atoms with Gasteiger partial charge in [-0.25, -0.2) is 9.69 Å². The number of ketones is 1. The van der Waals surface area contributed by atoms with Crippen LogP contribution in [0, 0.1) is 23.7 Å². The SMILES string of the molecule is CSC[C@H]1COC(=O)N1C(=O)C1=C(c2ccccc2)C(=O)[C@@H]2[C@H]1[C@H]1C=C[C@@H]2C1. The smallest absolute Gasteiger partial charge is 0.417 e. The van der Waals surface area contributed by atoms with Gasteiger partial charge >= 0.3 is 6.09 Å². The molecule has 4 aliphatic rings. The molecule has 0 aromatic heterocycles. The number of cyclic esters (lactones) is 1. The van der Waals surface area contributed by atoms with Gasteiger partial charge < -0.3 is 4.74 Å². The van der Waals surface area contributed by atoms with Crippen molar-refractivity contribution < 1.29 is 19.1 Å². The first-order valence-corrected chi connectivity index (χ1v) is 11.0. The van der Waals surface area contributed by atoms with Crippen molar-refractivity contribution in [3.63, 3.8) is 0 Å². The van der Waals surface area contributed by atoms with E-state index >= 15 is 0 Å². The number of fused-ring (bicyclic) bond motifs is 5. The third kappa shape index (κ3) is 2.43. The van der Waals surface area contributed by atoms with Crippen LogP contribution in [0.25, 0.3) is 5.57 Å². The van der Waals surface area contributed by atoms with E-state index in [9.17, 15) is 14.4 Å². The van der Waals surface area contributed by atoms with Crippen LogP contribution in [0.1, 0.15) is 12.0 Å². The Hall–Kier alpha value is -2.34. The summed E-state index contributed by atoms with van der Waals surface area (Å²) in [4.78, 5) is 40.7. The lowest BCUT2D eigenvalue weighted by Gasteiger charge is -2.25. The maximum atomic E-state index is 13.7. The van der Waals surface area contributed by atoms with E-state index in [0.29, 0.717) is 16.9 Å². The van der Waals surface area contributed by atoms with Gasteiger partial charge in [0.2, 0.25) is 0 Å². The third-order valence-corrected chi connectivity index (χ3v) is 7.16. The van der Waals surface area contributed by atoms with E-state index in [2.05, 4.69) is 12.2 Å². The molecule has 2 bridgehead atoms. The maximum absolute atomic E-state index is 13.7. The van der Waals surface area contributed by atoms with Gasteiger partial charge in [0.1, 0.15) is 6.61 Å². The van der Waals surface area contributed by atoms with Gasteiger partial charge in [0, 0.05) is 28.7 Å². The van der Waals surface area contributed by atoms with Crippen molar-refractivity contribution in [2.45, 2.75) is 12.5 Å². The predicted octanol–water partition coefficient (Wildman–Crippen LogP) is 3.17. The Labute approximate surface area is 167 Å².